The van der Waals surface area contributed by atoms with Crippen LogP contribution in [0, 0.1) is 5.82 Å². The van der Waals surface area contributed by atoms with Crippen LogP contribution in [-0.4, -0.2) is 35.0 Å². The number of likely N-dealkylation sites (N-methyl/N-ethyl adjacent to an activating group) is 1. The zero-order valence-corrected chi connectivity index (χ0v) is 20.9. The molecule has 37 heavy (non-hydrogen) atoms. The number of benzene rings is 3. The van der Waals surface area contributed by atoms with Crippen LogP contribution in [0.5, 0.6) is 0 Å². The lowest BCUT2D eigenvalue weighted by molar-refractivity contribution is -0.128. The van der Waals surface area contributed by atoms with E-state index in [9.17, 15) is 19.1 Å². The van der Waals surface area contributed by atoms with E-state index in [1.807, 2.05) is 60.7 Å². The number of nitrogens with zero attached hydrogens (tertiary/aromatic N) is 1. The molecule has 0 spiro atoms. The van der Waals surface area contributed by atoms with Gasteiger partial charge in [-0.2, -0.15) is 0 Å². The highest BCUT2D eigenvalue weighted by Crippen LogP contribution is 2.42. The molecule has 2 heterocycles. The number of thiophene rings is 1. The molecule has 6 nitrogen and oxygen atoms in total. The predicted molar refractivity (Wildman–Crippen MR) is 144 cm³/mol. The summed E-state index contributed by atoms with van der Waals surface area (Å²) in [6.45, 7) is 0. The molecule has 3 aromatic carbocycles. The van der Waals surface area contributed by atoms with Crippen molar-refractivity contribution in [1.29, 1.82) is 0 Å². The Morgan fingerprint density at radius 3 is 2.46 bits per heavy atom. The largest absolute Gasteiger partial charge is 0.385 e. The molecule has 5 rings (SSSR count). The fourth-order valence-electron chi connectivity index (χ4n) is 4.75. The molecule has 1 unspecified atom stereocenters. The first-order chi connectivity index (χ1) is 17.9. The number of likely N-dealkylation sites (tertiary alicyclic amines) is 1. The maximum absolute atomic E-state index is 13.1. The summed E-state index contributed by atoms with van der Waals surface area (Å²) >= 11 is 1.46. The Hall–Kier alpha value is -4.01. The van der Waals surface area contributed by atoms with E-state index in [1.54, 1.807) is 18.0 Å². The van der Waals surface area contributed by atoms with E-state index < -0.39 is 12.1 Å². The van der Waals surface area contributed by atoms with Gasteiger partial charge in [0.05, 0.1) is 6.04 Å². The van der Waals surface area contributed by atoms with Gasteiger partial charge in [0.1, 0.15) is 11.9 Å². The molecule has 1 aliphatic rings. The van der Waals surface area contributed by atoms with Crippen LogP contribution < -0.4 is 10.6 Å². The van der Waals surface area contributed by atoms with Crippen molar-refractivity contribution in [2.45, 2.75) is 24.5 Å². The summed E-state index contributed by atoms with van der Waals surface area (Å²) in [6.07, 6.45) is -0.461. The third-order valence-electron chi connectivity index (χ3n) is 6.62. The average Bonchev–Trinajstić information content (AvgIpc) is 3.51. The molecule has 3 N–H and O–H groups in total. The summed E-state index contributed by atoms with van der Waals surface area (Å²) in [7, 11) is 1.75. The highest BCUT2D eigenvalue weighted by atomic mass is 32.1. The van der Waals surface area contributed by atoms with E-state index in [0.717, 1.165) is 20.9 Å². The van der Waals surface area contributed by atoms with Gasteiger partial charge >= 0.3 is 6.03 Å². The second-order valence-electron chi connectivity index (χ2n) is 9.03. The first kappa shape index (κ1) is 24.7. The van der Waals surface area contributed by atoms with Gasteiger partial charge in [0, 0.05) is 40.5 Å². The number of hydrogen-bond donors (Lipinski definition) is 3. The standard InChI is InChI=1S/C29H26FN3O3S/c1-33-26(34)17-23(18-6-3-2-4-7-18)27(33)28(35)25-15-14-24(37-25)19-8-5-9-22(16-19)32-29(36)31-21-12-10-20(30)11-13-21/h2-16,23,27-28,35H,17H2,1H3,(H2,31,32,36)/t23-,27-,28?/m1/s1. The number of anilines is 2. The number of halogens is 1. The highest BCUT2D eigenvalue weighted by Gasteiger charge is 2.43. The third-order valence-corrected chi connectivity index (χ3v) is 7.83. The van der Waals surface area contributed by atoms with Gasteiger partial charge in [-0.3, -0.25) is 4.79 Å². The number of carbonyl (C=O) groups is 2. The molecule has 0 radical (unpaired) electrons. The Bertz CT molecular complexity index is 1410. The van der Waals surface area contributed by atoms with Gasteiger partial charge < -0.3 is 20.6 Å². The van der Waals surface area contributed by atoms with Crippen LogP contribution in [0.3, 0.4) is 0 Å². The summed E-state index contributed by atoms with van der Waals surface area (Å²) in [5, 5.41) is 16.8. The van der Waals surface area contributed by atoms with Crippen molar-refractivity contribution in [2.75, 3.05) is 17.7 Å². The molecule has 1 aliphatic heterocycles. The fraction of sp³-hybridized carbons (Fsp3) is 0.172. The van der Waals surface area contributed by atoms with Crippen LogP contribution in [0.2, 0.25) is 0 Å². The Morgan fingerprint density at radius 2 is 1.70 bits per heavy atom. The quantitative estimate of drug-likeness (QED) is 0.284. The van der Waals surface area contributed by atoms with Gasteiger partial charge in [0.2, 0.25) is 5.91 Å². The highest BCUT2D eigenvalue weighted by molar-refractivity contribution is 7.15. The van der Waals surface area contributed by atoms with Gasteiger partial charge in [-0.15, -0.1) is 11.3 Å². The van der Waals surface area contributed by atoms with E-state index in [0.29, 0.717) is 17.8 Å². The van der Waals surface area contributed by atoms with Crippen LogP contribution >= 0.6 is 11.3 Å². The summed E-state index contributed by atoms with van der Waals surface area (Å²) in [4.78, 5) is 28.3. The van der Waals surface area contributed by atoms with E-state index in [2.05, 4.69) is 10.6 Å². The number of carbonyl (C=O) groups excluding carboxylic acids is 2. The normalized spacial score (nSPS) is 18.0. The molecule has 0 aliphatic carbocycles. The fourth-order valence-corrected chi connectivity index (χ4v) is 5.78. The maximum Gasteiger partial charge on any atom is 0.323 e. The van der Waals surface area contributed by atoms with Gasteiger partial charge in [-0.25, -0.2) is 9.18 Å². The smallest absolute Gasteiger partial charge is 0.323 e. The zero-order chi connectivity index (χ0) is 25.9. The summed E-state index contributed by atoms with van der Waals surface area (Å²) in [5.74, 6) is -0.445. The van der Waals surface area contributed by atoms with Gasteiger partial charge in [0.25, 0.3) is 0 Å². The molecule has 0 saturated carbocycles. The van der Waals surface area contributed by atoms with Crippen molar-refractivity contribution < 1.29 is 19.1 Å². The first-order valence-electron chi connectivity index (χ1n) is 11.9. The maximum atomic E-state index is 13.1. The lowest BCUT2D eigenvalue weighted by atomic mass is 9.88. The van der Waals surface area contributed by atoms with Crippen LogP contribution in [0.4, 0.5) is 20.6 Å². The monoisotopic (exact) mass is 515 g/mol. The summed E-state index contributed by atoms with van der Waals surface area (Å²) in [6, 6.07) is 25.8. The molecule has 3 atom stereocenters. The van der Waals surface area contributed by atoms with E-state index in [4.69, 9.17) is 0 Å². The molecule has 188 valence electrons. The van der Waals surface area contributed by atoms with Crippen molar-refractivity contribution in [2.24, 2.45) is 0 Å². The number of rotatable bonds is 6. The topological polar surface area (TPSA) is 81.7 Å². The molecular weight excluding hydrogens is 489 g/mol. The SMILES string of the molecule is CN1C(=O)C[C@H](c2ccccc2)[C@@H]1C(O)c1ccc(-c2cccc(NC(=O)Nc3ccc(F)cc3)c2)s1. The average molecular weight is 516 g/mol. The molecule has 8 heteroatoms. The summed E-state index contributed by atoms with van der Waals surface area (Å²) in [5.41, 5.74) is 3.01. The minimum Gasteiger partial charge on any atom is -0.385 e. The first-order valence-corrected chi connectivity index (χ1v) is 12.7. The Kier molecular flexibility index (Phi) is 7.03. The van der Waals surface area contributed by atoms with Gasteiger partial charge in [0.15, 0.2) is 0 Å². The van der Waals surface area contributed by atoms with E-state index in [-0.39, 0.29) is 23.7 Å². The van der Waals surface area contributed by atoms with Crippen molar-refractivity contribution in [3.63, 3.8) is 0 Å². The predicted octanol–water partition coefficient (Wildman–Crippen LogP) is 6.25. The molecule has 1 fully saturated rings. The number of amides is 3. The van der Waals surface area contributed by atoms with E-state index >= 15 is 0 Å². The van der Waals surface area contributed by atoms with E-state index in [1.165, 1.54) is 35.6 Å². The molecular formula is C29H26FN3O3S. The number of aliphatic hydroxyl groups excluding tert-OH is 1. The number of urea groups is 1. The lowest BCUT2D eigenvalue weighted by Gasteiger charge is -2.29. The zero-order valence-electron chi connectivity index (χ0n) is 20.1. The van der Waals surface area contributed by atoms with Crippen molar-refractivity contribution in [1.82, 2.24) is 4.90 Å². The molecule has 1 aromatic heterocycles. The lowest BCUT2D eigenvalue weighted by Crippen LogP contribution is -2.36. The molecule has 1 saturated heterocycles. The van der Waals surface area contributed by atoms with Gasteiger partial charge in [-0.1, -0.05) is 42.5 Å². The van der Waals surface area contributed by atoms with Crippen LogP contribution in [0.25, 0.3) is 10.4 Å². The van der Waals surface area contributed by atoms with Crippen molar-refractivity contribution in [3.05, 3.63) is 107 Å². The third kappa shape index (κ3) is 5.40. The summed E-state index contributed by atoms with van der Waals surface area (Å²) < 4.78 is 13.1. The Labute approximate surface area is 218 Å². The second kappa shape index (κ2) is 10.5. The minimum atomic E-state index is -0.830. The van der Waals surface area contributed by atoms with Crippen LogP contribution in [-0.2, 0) is 4.79 Å². The van der Waals surface area contributed by atoms with Gasteiger partial charge in [-0.05, 0) is 59.7 Å². The number of nitrogens with one attached hydrogen (secondary N) is 2. The van der Waals surface area contributed by atoms with Crippen molar-refractivity contribution in [3.8, 4) is 10.4 Å². The second-order valence-corrected chi connectivity index (χ2v) is 10.1. The van der Waals surface area contributed by atoms with Crippen LogP contribution in [0.1, 0.15) is 28.9 Å². The minimum absolute atomic E-state index is 0.0207. The number of hydrogen-bond acceptors (Lipinski definition) is 4. The Balaban J connectivity index is 1.31. The van der Waals surface area contributed by atoms with Crippen molar-refractivity contribution >= 4 is 34.6 Å². The molecule has 4 aromatic rings. The molecule has 3 amide bonds. The number of aliphatic hydroxyl groups is 1. The molecule has 0 bridgehead atoms. The van der Waals surface area contributed by atoms with Crippen LogP contribution in [0.15, 0.2) is 91.0 Å². The Morgan fingerprint density at radius 1 is 0.973 bits per heavy atom.